The molecule has 0 saturated heterocycles. The average molecular weight is 321 g/mol. The third-order valence-corrected chi connectivity index (χ3v) is 3.89. The largest absolute Gasteiger partial charge is 0.417 e. The molecule has 120 valence electrons. The highest BCUT2D eigenvalue weighted by molar-refractivity contribution is 7.99. The zero-order chi connectivity index (χ0) is 16.1. The van der Waals surface area contributed by atoms with Crippen molar-refractivity contribution in [2.24, 2.45) is 0 Å². The summed E-state index contributed by atoms with van der Waals surface area (Å²) in [5, 5.41) is 11.9. The summed E-state index contributed by atoms with van der Waals surface area (Å²) >= 11 is 1.13. The van der Waals surface area contributed by atoms with E-state index in [1.54, 1.807) is 6.07 Å². The van der Waals surface area contributed by atoms with Crippen molar-refractivity contribution in [3.8, 4) is 0 Å². The molecular formula is C15H22F3NOS. The highest BCUT2D eigenvalue weighted by atomic mass is 32.2. The molecule has 0 aliphatic rings. The summed E-state index contributed by atoms with van der Waals surface area (Å²) in [6, 6.07) is 4.44. The summed E-state index contributed by atoms with van der Waals surface area (Å²) in [4.78, 5) is 0.218. The molecule has 1 aromatic carbocycles. The SMILES string of the molecule is CC(C)(C)NCc1ccc(SCCCO)c(C(F)(F)F)c1. The Balaban J connectivity index is 2.91. The molecule has 0 atom stereocenters. The molecule has 1 rings (SSSR count). The Hall–Kier alpha value is -0.720. The molecule has 0 fully saturated rings. The van der Waals surface area contributed by atoms with Crippen molar-refractivity contribution in [1.29, 1.82) is 0 Å². The molecule has 0 unspecified atom stereocenters. The number of halogens is 3. The van der Waals surface area contributed by atoms with Crippen molar-refractivity contribution in [3.63, 3.8) is 0 Å². The second-order valence-corrected chi connectivity index (χ2v) is 6.99. The molecule has 0 spiro atoms. The normalized spacial score (nSPS) is 12.7. The topological polar surface area (TPSA) is 32.3 Å². The van der Waals surface area contributed by atoms with E-state index in [0.717, 1.165) is 11.8 Å². The van der Waals surface area contributed by atoms with Gasteiger partial charge in [-0.3, -0.25) is 0 Å². The molecule has 1 aromatic rings. The Morgan fingerprint density at radius 2 is 1.86 bits per heavy atom. The van der Waals surface area contributed by atoms with E-state index >= 15 is 0 Å². The second kappa shape index (κ2) is 7.51. The van der Waals surface area contributed by atoms with Gasteiger partial charge in [-0.1, -0.05) is 6.07 Å². The molecule has 0 bridgehead atoms. The molecule has 6 heteroatoms. The zero-order valence-electron chi connectivity index (χ0n) is 12.5. The zero-order valence-corrected chi connectivity index (χ0v) is 13.4. The van der Waals surface area contributed by atoms with Crippen LogP contribution in [0, 0.1) is 0 Å². The van der Waals surface area contributed by atoms with E-state index in [1.807, 2.05) is 20.8 Å². The molecular weight excluding hydrogens is 299 g/mol. The molecule has 0 aliphatic heterocycles. The number of rotatable bonds is 6. The summed E-state index contributed by atoms with van der Waals surface area (Å²) in [5.41, 5.74) is -0.130. The Morgan fingerprint density at radius 1 is 1.19 bits per heavy atom. The molecule has 2 nitrogen and oxygen atoms in total. The molecule has 0 heterocycles. The maximum Gasteiger partial charge on any atom is 0.417 e. The van der Waals surface area contributed by atoms with Gasteiger partial charge in [0.05, 0.1) is 5.56 Å². The Kier molecular flexibility index (Phi) is 6.56. The lowest BCUT2D eigenvalue weighted by molar-refractivity contribution is -0.139. The molecule has 2 N–H and O–H groups in total. The van der Waals surface area contributed by atoms with Crippen LogP contribution in [0.2, 0.25) is 0 Å². The van der Waals surface area contributed by atoms with Crippen molar-refractivity contribution < 1.29 is 18.3 Å². The summed E-state index contributed by atoms with van der Waals surface area (Å²) in [6.45, 7) is 6.29. The number of thioether (sulfide) groups is 1. The highest BCUT2D eigenvalue weighted by Crippen LogP contribution is 2.37. The molecule has 0 saturated carbocycles. The van der Waals surface area contributed by atoms with Crippen LogP contribution < -0.4 is 5.32 Å². The van der Waals surface area contributed by atoms with Gasteiger partial charge in [-0.25, -0.2) is 0 Å². The van der Waals surface area contributed by atoms with Crippen LogP contribution in [0.15, 0.2) is 23.1 Å². The van der Waals surface area contributed by atoms with E-state index in [9.17, 15) is 13.2 Å². The molecule has 0 aromatic heterocycles. The highest BCUT2D eigenvalue weighted by Gasteiger charge is 2.33. The lowest BCUT2D eigenvalue weighted by atomic mass is 10.1. The first-order chi connectivity index (χ1) is 9.63. The maximum atomic E-state index is 13.1. The van der Waals surface area contributed by atoms with Crippen molar-refractivity contribution in [3.05, 3.63) is 29.3 Å². The van der Waals surface area contributed by atoms with Crippen molar-refractivity contribution >= 4 is 11.8 Å². The number of hydrogen-bond donors (Lipinski definition) is 2. The minimum atomic E-state index is -4.36. The van der Waals surface area contributed by atoms with Gasteiger partial charge >= 0.3 is 6.18 Å². The summed E-state index contributed by atoms with van der Waals surface area (Å²) in [5.74, 6) is 0.471. The number of aliphatic hydroxyl groups excluding tert-OH is 1. The number of benzene rings is 1. The van der Waals surface area contributed by atoms with Gasteiger partial charge in [0.25, 0.3) is 0 Å². The van der Waals surface area contributed by atoms with Crippen LogP contribution in [0.25, 0.3) is 0 Å². The maximum absolute atomic E-state index is 13.1. The fourth-order valence-corrected chi connectivity index (χ4v) is 2.64. The van der Waals surface area contributed by atoms with Crippen LogP contribution in [0.4, 0.5) is 13.2 Å². The third kappa shape index (κ3) is 6.72. The van der Waals surface area contributed by atoms with Gasteiger partial charge in [-0.15, -0.1) is 11.8 Å². The van der Waals surface area contributed by atoms with E-state index in [0.29, 0.717) is 24.3 Å². The number of hydrogen-bond acceptors (Lipinski definition) is 3. The van der Waals surface area contributed by atoms with Crippen LogP contribution in [-0.4, -0.2) is 23.0 Å². The Labute approximate surface area is 128 Å². The Bertz CT molecular complexity index is 455. The number of aliphatic hydroxyl groups is 1. The summed E-state index contributed by atoms with van der Waals surface area (Å²) in [6.07, 6.45) is -3.88. The predicted octanol–water partition coefficient (Wildman–Crippen LogP) is 4.07. The first kappa shape index (κ1) is 18.3. The smallest absolute Gasteiger partial charge is 0.396 e. The average Bonchev–Trinajstić information content (AvgIpc) is 2.35. The summed E-state index contributed by atoms with van der Waals surface area (Å²) < 4.78 is 39.4. The molecule has 0 amide bonds. The fraction of sp³-hybridized carbons (Fsp3) is 0.600. The standard InChI is InChI=1S/C15H22F3NOS/c1-14(2,3)19-10-11-5-6-13(21-8-4-7-20)12(9-11)15(16,17)18/h5-6,9,19-20H,4,7-8,10H2,1-3H3. The number of alkyl halides is 3. The molecule has 21 heavy (non-hydrogen) atoms. The first-order valence-electron chi connectivity index (χ1n) is 6.82. The van der Waals surface area contributed by atoms with Gasteiger partial charge in [0.15, 0.2) is 0 Å². The van der Waals surface area contributed by atoms with Crippen molar-refractivity contribution in [2.45, 2.75) is 50.3 Å². The van der Waals surface area contributed by atoms with Gasteiger partial charge < -0.3 is 10.4 Å². The van der Waals surface area contributed by atoms with Crippen LogP contribution in [0.5, 0.6) is 0 Å². The third-order valence-electron chi connectivity index (χ3n) is 2.73. The van der Waals surface area contributed by atoms with Crippen LogP contribution in [0.3, 0.4) is 0 Å². The van der Waals surface area contributed by atoms with Crippen molar-refractivity contribution in [2.75, 3.05) is 12.4 Å². The van der Waals surface area contributed by atoms with E-state index < -0.39 is 11.7 Å². The minimum absolute atomic E-state index is 0.0120. The van der Waals surface area contributed by atoms with Gasteiger partial charge in [0, 0.05) is 29.3 Å². The lowest BCUT2D eigenvalue weighted by Crippen LogP contribution is -2.35. The van der Waals surface area contributed by atoms with E-state index in [2.05, 4.69) is 5.32 Å². The fourth-order valence-electron chi connectivity index (χ4n) is 1.65. The monoisotopic (exact) mass is 321 g/mol. The first-order valence-corrected chi connectivity index (χ1v) is 7.81. The van der Waals surface area contributed by atoms with Gasteiger partial charge in [0.2, 0.25) is 0 Å². The van der Waals surface area contributed by atoms with Gasteiger partial charge in [0.1, 0.15) is 0 Å². The summed E-state index contributed by atoms with van der Waals surface area (Å²) in [7, 11) is 0. The lowest BCUT2D eigenvalue weighted by Gasteiger charge is -2.21. The quantitative estimate of drug-likeness (QED) is 0.612. The van der Waals surface area contributed by atoms with E-state index in [1.165, 1.54) is 12.1 Å². The van der Waals surface area contributed by atoms with Crippen LogP contribution in [-0.2, 0) is 12.7 Å². The van der Waals surface area contributed by atoms with Crippen molar-refractivity contribution in [1.82, 2.24) is 5.32 Å². The van der Waals surface area contributed by atoms with Crippen LogP contribution >= 0.6 is 11.8 Å². The van der Waals surface area contributed by atoms with Gasteiger partial charge in [-0.05, 0) is 44.9 Å². The van der Waals surface area contributed by atoms with E-state index in [-0.39, 0.29) is 17.0 Å². The number of nitrogens with one attached hydrogen (secondary N) is 1. The predicted molar refractivity (Wildman–Crippen MR) is 80.5 cm³/mol. The van der Waals surface area contributed by atoms with Crippen LogP contribution in [0.1, 0.15) is 38.3 Å². The van der Waals surface area contributed by atoms with Gasteiger partial charge in [-0.2, -0.15) is 13.2 Å². The molecule has 0 aliphatic carbocycles. The molecule has 0 radical (unpaired) electrons. The van der Waals surface area contributed by atoms with E-state index in [4.69, 9.17) is 5.11 Å². The minimum Gasteiger partial charge on any atom is -0.396 e. The Morgan fingerprint density at radius 3 is 2.38 bits per heavy atom. The second-order valence-electron chi connectivity index (χ2n) is 5.86.